The van der Waals surface area contributed by atoms with E-state index in [1.54, 1.807) is 16.2 Å². The molecule has 1 N–H and O–H groups in total. The Morgan fingerprint density at radius 2 is 1.93 bits per heavy atom. The fraction of sp³-hybridized carbons (Fsp3) is 0.500. The number of carbonyl (C=O) groups excluding carboxylic acids is 2. The fourth-order valence-corrected chi connectivity index (χ4v) is 4.79. The highest BCUT2D eigenvalue weighted by atomic mass is 32.1. The van der Waals surface area contributed by atoms with Crippen molar-refractivity contribution in [1.82, 2.24) is 15.1 Å². The lowest BCUT2D eigenvalue weighted by Gasteiger charge is -2.40. The first-order chi connectivity index (χ1) is 14.3. The zero-order chi connectivity index (χ0) is 21.7. The molecule has 0 radical (unpaired) electrons. The van der Waals surface area contributed by atoms with Gasteiger partial charge in [0, 0.05) is 23.5 Å². The van der Waals surface area contributed by atoms with Gasteiger partial charge in [0.15, 0.2) is 0 Å². The van der Waals surface area contributed by atoms with Gasteiger partial charge in [-0.2, -0.15) is 0 Å². The van der Waals surface area contributed by atoms with Crippen molar-refractivity contribution in [2.75, 3.05) is 19.6 Å². The van der Waals surface area contributed by atoms with Gasteiger partial charge in [0.05, 0.1) is 6.04 Å². The second kappa shape index (κ2) is 9.65. The average Bonchev–Trinajstić information content (AvgIpc) is 3.19. The number of carbonyl (C=O) groups is 2. The Bertz CT molecular complexity index is 857. The number of nitrogens with one attached hydrogen (secondary N) is 1. The Morgan fingerprint density at radius 1 is 1.20 bits per heavy atom. The Labute approximate surface area is 184 Å². The van der Waals surface area contributed by atoms with Gasteiger partial charge in [0.25, 0.3) is 0 Å². The highest BCUT2D eigenvalue weighted by molar-refractivity contribution is 7.10. The van der Waals surface area contributed by atoms with Crippen molar-refractivity contribution in [1.29, 1.82) is 0 Å². The van der Waals surface area contributed by atoms with E-state index in [-0.39, 0.29) is 24.5 Å². The van der Waals surface area contributed by atoms with Gasteiger partial charge in [-0.1, -0.05) is 43.7 Å². The van der Waals surface area contributed by atoms with E-state index in [1.165, 1.54) is 10.4 Å². The molecule has 1 unspecified atom stereocenters. The Kier molecular flexibility index (Phi) is 7.19. The largest absolute Gasteiger partial charge is 0.338 e. The van der Waals surface area contributed by atoms with Crippen molar-refractivity contribution in [3.8, 4) is 0 Å². The zero-order valence-electron chi connectivity index (χ0n) is 18.5. The van der Waals surface area contributed by atoms with Crippen molar-refractivity contribution in [3.05, 3.63) is 57.8 Å². The van der Waals surface area contributed by atoms with Gasteiger partial charge >= 0.3 is 6.03 Å². The number of nitrogens with zero attached hydrogens (tertiary/aromatic N) is 2. The summed E-state index contributed by atoms with van der Waals surface area (Å²) in [5.74, 6) is -0.0127. The molecule has 3 rings (SSSR count). The summed E-state index contributed by atoms with van der Waals surface area (Å²) >= 11 is 1.76. The van der Waals surface area contributed by atoms with Crippen LogP contribution in [-0.2, 0) is 11.2 Å². The van der Waals surface area contributed by atoms with Gasteiger partial charge in [-0.05, 0) is 56.2 Å². The van der Waals surface area contributed by atoms with E-state index in [4.69, 9.17) is 0 Å². The van der Waals surface area contributed by atoms with E-state index in [0.717, 1.165) is 24.8 Å². The summed E-state index contributed by atoms with van der Waals surface area (Å²) in [5.41, 5.74) is 1.87. The summed E-state index contributed by atoms with van der Waals surface area (Å²) in [7, 11) is 0. The lowest BCUT2D eigenvalue weighted by Crippen LogP contribution is -2.55. The normalized spacial score (nSPS) is 16.1. The number of hydrogen-bond donors (Lipinski definition) is 1. The highest BCUT2D eigenvalue weighted by Gasteiger charge is 2.36. The second-order valence-corrected chi connectivity index (χ2v) is 9.79. The highest BCUT2D eigenvalue weighted by Crippen LogP contribution is 2.37. The smallest absolute Gasteiger partial charge is 0.318 e. The van der Waals surface area contributed by atoms with Gasteiger partial charge < -0.3 is 15.1 Å². The quantitative estimate of drug-likeness (QED) is 0.671. The number of amides is 3. The van der Waals surface area contributed by atoms with E-state index in [0.29, 0.717) is 13.1 Å². The number of fused-ring (bicyclic) bond motifs is 1. The number of urea groups is 1. The Morgan fingerprint density at radius 3 is 2.60 bits per heavy atom. The molecule has 0 fully saturated rings. The molecule has 1 aromatic heterocycles. The maximum Gasteiger partial charge on any atom is 0.318 e. The molecule has 2 heterocycles. The van der Waals surface area contributed by atoms with Crippen LogP contribution >= 0.6 is 11.3 Å². The number of thiophene rings is 1. The summed E-state index contributed by atoms with van der Waals surface area (Å²) in [6.45, 7) is 9.39. The number of rotatable bonds is 6. The molecule has 5 nitrogen and oxygen atoms in total. The molecule has 0 saturated carbocycles. The lowest BCUT2D eigenvalue weighted by atomic mass is 9.93. The fourth-order valence-electron chi connectivity index (χ4n) is 3.89. The van der Waals surface area contributed by atoms with Gasteiger partial charge in [-0.25, -0.2) is 4.79 Å². The van der Waals surface area contributed by atoms with Crippen LogP contribution in [0.3, 0.4) is 0 Å². The summed E-state index contributed by atoms with van der Waals surface area (Å²) in [6, 6.07) is 12.0. The molecule has 1 aliphatic rings. The minimum Gasteiger partial charge on any atom is -0.338 e. The lowest BCUT2D eigenvalue weighted by molar-refractivity contribution is -0.134. The van der Waals surface area contributed by atoms with Crippen LogP contribution in [0.1, 0.15) is 62.6 Å². The number of hydrogen-bond acceptors (Lipinski definition) is 3. The molecule has 1 aliphatic heterocycles. The second-order valence-electron chi connectivity index (χ2n) is 8.79. The van der Waals surface area contributed by atoms with Crippen molar-refractivity contribution in [2.24, 2.45) is 0 Å². The van der Waals surface area contributed by atoms with Crippen molar-refractivity contribution in [3.63, 3.8) is 0 Å². The van der Waals surface area contributed by atoms with Crippen molar-refractivity contribution < 1.29 is 9.59 Å². The third-order valence-corrected chi connectivity index (χ3v) is 6.55. The molecule has 30 heavy (non-hydrogen) atoms. The Hall–Kier alpha value is -2.34. The minimum atomic E-state index is -0.447. The molecule has 0 bridgehead atoms. The standard InChI is InChI=1S/C24H33N3O2S/c1-5-6-14-25-23(29)27(24(2,3)4)17-21(28)26-15-12-20-19(13-16-30-20)22(26)18-10-8-7-9-11-18/h7-11,13,16,22H,5-6,12,14-15,17H2,1-4H3,(H,25,29). The van der Waals surface area contributed by atoms with Gasteiger partial charge in [-0.3, -0.25) is 4.79 Å². The monoisotopic (exact) mass is 427 g/mol. The van der Waals surface area contributed by atoms with Gasteiger partial charge in [-0.15, -0.1) is 11.3 Å². The summed E-state index contributed by atoms with van der Waals surface area (Å²) in [6.07, 6.45) is 2.81. The minimum absolute atomic E-state index is 0.0127. The van der Waals surface area contributed by atoms with Crippen LogP contribution in [0.4, 0.5) is 4.79 Å². The summed E-state index contributed by atoms with van der Waals surface area (Å²) in [4.78, 5) is 31.3. The molecule has 0 saturated heterocycles. The molecular weight excluding hydrogens is 394 g/mol. The molecular formula is C24H33N3O2S. The Balaban J connectivity index is 1.83. The molecule has 2 aromatic rings. The van der Waals surface area contributed by atoms with Crippen molar-refractivity contribution in [2.45, 2.75) is 58.5 Å². The summed E-state index contributed by atoms with van der Waals surface area (Å²) < 4.78 is 0. The van der Waals surface area contributed by atoms with E-state index in [2.05, 4.69) is 35.8 Å². The van der Waals surface area contributed by atoms with Gasteiger partial charge in [0.2, 0.25) is 5.91 Å². The third kappa shape index (κ3) is 5.04. The molecule has 0 spiro atoms. The summed E-state index contributed by atoms with van der Waals surface area (Å²) in [5, 5.41) is 5.08. The first-order valence-electron chi connectivity index (χ1n) is 10.8. The van der Waals surface area contributed by atoms with Crippen LogP contribution < -0.4 is 5.32 Å². The maximum absolute atomic E-state index is 13.5. The predicted octanol–water partition coefficient (Wildman–Crippen LogP) is 4.83. The SMILES string of the molecule is CCCCNC(=O)N(CC(=O)N1CCc2sccc2C1c1ccccc1)C(C)(C)C. The topological polar surface area (TPSA) is 52.7 Å². The van der Waals surface area contributed by atoms with E-state index >= 15 is 0 Å². The van der Waals surface area contributed by atoms with Crippen LogP contribution in [0.15, 0.2) is 41.8 Å². The van der Waals surface area contributed by atoms with Crippen LogP contribution in [0.2, 0.25) is 0 Å². The predicted molar refractivity (Wildman–Crippen MR) is 123 cm³/mol. The van der Waals surface area contributed by atoms with Crippen LogP contribution in [0.5, 0.6) is 0 Å². The molecule has 6 heteroatoms. The molecule has 1 atom stereocenters. The third-order valence-electron chi connectivity index (χ3n) is 5.56. The molecule has 3 amide bonds. The van der Waals surface area contributed by atoms with Gasteiger partial charge in [0.1, 0.15) is 6.54 Å². The zero-order valence-corrected chi connectivity index (χ0v) is 19.3. The van der Waals surface area contributed by atoms with Crippen molar-refractivity contribution >= 4 is 23.3 Å². The van der Waals surface area contributed by atoms with Crippen LogP contribution in [0.25, 0.3) is 0 Å². The molecule has 1 aromatic carbocycles. The van der Waals surface area contributed by atoms with Crippen LogP contribution in [0, 0.1) is 0 Å². The van der Waals surface area contributed by atoms with Crippen LogP contribution in [-0.4, -0.2) is 46.9 Å². The molecule has 0 aliphatic carbocycles. The number of benzene rings is 1. The first kappa shape index (κ1) is 22.3. The average molecular weight is 428 g/mol. The van der Waals surface area contributed by atoms with E-state index < -0.39 is 5.54 Å². The first-order valence-corrected chi connectivity index (χ1v) is 11.7. The maximum atomic E-state index is 13.5. The van der Waals surface area contributed by atoms with E-state index in [9.17, 15) is 9.59 Å². The van der Waals surface area contributed by atoms with E-state index in [1.807, 2.05) is 43.9 Å². The molecule has 162 valence electrons. The number of unbranched alkanes of at least 4 members (excludes halogenated alkanes) is 1.